The summed E-state index contributed by atoms with van der Waals surface area (Å²) in [6, 6.07) is 3.84. The Morgan fingerprint density at radius 1 is 1.43 bits per heavy atom. The Kier molecular flexibility index (Phi) is 1.46. The summed E-state index contributed by atoms with van der Waals surface area (Å²) in [7, 11) is 0. The third-order valence-corrected chi connectivity index (χ3v) is 2.80. The largest absolute Gasteiger partial charge is 0.261 e. The van der Waals surface area contributed by atoms with E-state index in [1.165, 1.54) is 18.9 Å². The fourth-order valence-corrected chi connectivity index (χ4v) is 1.89. The van der Waals surface area contributed by atoms with Crippen molar-refractivity contribution in [3.8, 4) is 0 Å². The molecule has 1 fully saturated rings. The van der Waals surface area contributed by atoms with Crippen LogP contribution in [0.4, 0.5) is 4.39 Å². The predicted octanol–water partition coefficient (Wildman–Crippen LogP) is 2.82. The molecule has 0 saturated heterocycles. The lowest BCUT2D eigenvalue weighted by Crippen LogP contribution is -1.97. The first-order valence-electron chi connectivity index (χ1n) is 4.89. The lowest BCUT2D eigenvalue weighted by atomic mass is 10.1. The molecule has 3 rings (SSSR count). The van der Waals surface area contributed by atoms with Gasteiger partial charge in [0.2, 0.25) is 0 Å². The minimum atomic E-state index is -0.169. The van der Waals surface area contributed by atoms with Crippen molar-refractivity contribution in [2.75, 3.05) is 0 Å². The molecular formula is C11H11FN2. The summed E-state index contributed by atoms with van der Waals surface area (Å²) < 4.78 is 15.4. The maximum atomic E-state index is 13.4. The van der Waals surface area contributed by atoms with E-state index in [-0.39, 0.29) is 5.82 Å². The van der Waals surface area contributed by atoms with Crippen LogP contribution in [0.3, 0.4) is 0 Å². The molecule has 0 bridgehead atoms. The number of nitrogens with zero attached hydrogens (tertiary/aromatic N) is 2. The van der Waals surface area contributed by atoms with E-state index in [4.69, 9.17) is 0 Å². The van der Waals surface area contributed by atoms with E-state index in [1.807, 2.05) is 17.7 Å². The predicted molar refractivity (Wildman–Crippen MR) is 52.7 cm³/mol. The Morgan fingerprint density at radius 2 is 2.21 bits per heavy atom. The van der Waals surface area contributed by atoms with Gasteiger partial charge in [-0.1, -0.05) is 6.07 Å². The van der Waals surface area contributed by atoms with Gasteiger partial charge in [0.05, 0.1) is 23.1 Å². The molecule has 2 aromatic rings. The second-order valence-corrected chi connectivity index (χ2v) is 3.95. The average molecular weight is 190 g/mol. The molecule has 0 spiro atoms. The Labute approximate surface area is 81.3 Å². The van der Waals surface area contributed by atoms with Crippen LogP contribution in [0.15, 0.2) is 18.3 Å². The summed E-state index contributed by atoms with van der Waals surface area (Å²) in [6.45, 7) is 2.00. The smallest absolute Gasteiger partial charge is 0.134 e. The van der Waals surface area contributed by atoms with Gasteiger partial charge in [0.1, 0.15) is 5.82 Å². The maximum Gasteiger partial charge on any atom is 0.134 e. The van der Waals surface area contributed by atoms with Gasteiger partial charge in [-0.25, -0.2) is 4.39 Å². The van der Waals surface area contributed by atoms with E-state index < -0.39 is 0 Å². The van der Waals surface area contributed by atoms with Crippen molar-refractivity contribution in [3.05, 3.63) is 29.7 Å². The number of hydrogen-bond acceptors (Lipinski definition) is 1. The van der Waals surface area contributed by atoms with Crippen molar-refractivity contribution >= 4 is 10.9 Å². The third kappa shape index (κ3) is 0.983. The monoisotopic (exact) mass is 190 g/mol. The van der Waals surface area contributed by atoms with Crippen LogP contribution in [0.2, 0.25) is 0 Å². The van der Waals surface area contributed by atoms with E-state index in [0.717, 1.165) is 11.1 Å². The van der Waals surface area contributed by atoms with Crippen molar-refractivity contribution in [2.45, 2.75) is 25.8 Å². The molecule has 0 amide bonds. The molecule has 0 unspecified atom stereocenters. The normalized spacial score (nSPS) is 16.4. The van der Waals surface area contributed by atoms with E-state index >= 15 is 0 Å². The first kappa shape index (κ1) is 7.97. The third-order valence-electron chi connectivity index (χ3n) is 2.80. The molecule has 2 nitrogen and oxygen atoms in total. The summed E-state index contributed by atoms with van der Waals surface area (Å²) in [5.74, 6) is -0.169. The molecule has 0 radical (unpaired) electrons. The highest BCUT2D eigenvalue weighted by Crippen LogP contribution is 2.37. The van der Waals surface area contributed by atoms with Gasteiger partial charge in [-0.3, -0.25) is 4.68 Å². The van der Waals surface area contributed by atoms with Crippen molar-refractivity contribution in [2.24, 2.45) is 0 Å². The average Bonchev–Trinajstić information content (AvgIpc) is 2.91. The van der Waals surface area contributed by atoms with Crippen LogP contribution in [0.1, 0.15) is 24.4 Å². The van der Waals surface area contributed by atoms with E-state index in [2.05, 4.69) is 5.10 Å². The number of halogens is 1. The molecule has 1 heterocycles. The zero-order valence-corrected chi connectivity index (χ0v) is 8.00. The van der Waals surface area contributed by atoms with Crippen molar-refractivity contribution in [1.82, 2.24) is 9.78 Å². The standard InChI is InChI=1S/C11H11FN2/c1-7-2-5-10(12)9-6-13-14(11(7)9)8-3-4-8/h2,5-6,8H,3-4H2,1H3. The van der Waals surface area contributed by atoms with Gasteiger partial charge in [0.25, 0.3) is 0 Å². The topological polar surface area (TPSA) is 17.8 Å². The van der Waals surface area contributed by atoms with E-state index in [1.54, 1.807) is 6.20 Å². The van der Waals surface area contributed by atoms with E-state index in [0.29, 0.717) is 11.4 Å². The Balaban J connectivity index is 2.37. The molecule has 72 valence electrons. The zero-order valence-electron chi connectivity index (χ0n) is 8.00. The fourth-order valence-electron chi connectivity index (χ4n) is 1.89. The summed E-state index contributed by atoms with van der Waals surface area (Å²) >= 11 is 0. The van der Waals surface area contributed by atoms with Gasteiger partial charge in [-0.05, 0) is 31.4 Å². The number of fused-ring (bicyclic) bond motifs is 1. The lowest BCUT2D eigenvalue weighted by molar-refractivity contribution is 0.638. The van der Waals surface area contributed by atoms with Gasteiger partial charge >= 0.3 is 0 Å². The Morgan fingerprint density at radius 3 is 2.93 bits per heavy atom. The minimum Gasteiger partial charge on any atom is -0.261 e. The fraction of sp³-hybridized carbons (Fsp3) is 0.364. The van der Waals surface area contributed by atoms with Crippen LogP contribution >= 0.6 is 0 Å². The number of hydrogen-bond donors (Lipinski definition) is 0. The highest BCUT2D eigenvalue weighted by molar-refractivity contribution is 5.82. The van der Waals surface area contributed by atoms with E-state index in [9.17, 15) is 4.39 Å². The quantitative estimate of drug-likeness (QED) is 0.676. The van der Waals surface area contributed by atoms with Crippen LogP contribution in [-0.2, 0) is 0 Å². The van der Waals surface area contributed by atoms with Crippen LogP contribution in [0.25, 0.3) is 10.9 Å². The molecule has 0 aliphatic heterocycles. The molecule has 1 aromatic carbocycles. The van der Waals surface area contributed by atoms with Crippen molar-refractivity contribution in [1.29, 1.82) is 0 Å². The van der Waals surface area contributed by atoms with Crippen LogP contribution < -0.4 is 0 Å². The van der Waals surface area contributed by atoms with Gasteiger partial charge in [0, 0.05) is 0 Å². The molecule has 1 aromatic heterocycles. The molecule has 1 aliphatic rings. The molecule has 14 heavy (non-hydrogen) atoms. The number of rotatable bonds is 1. The summed E-state index contributed by atoms with van der Waals surface area (Å²) in [5.41, 5.74) is 2.07. The van der Waals surface area contributed by atoms with Gasteiger partial charge in [-0.2, -0.15) is 5.10 Å². The number of benzene rings is 1. The Bertz CT molecular complexity index is 497. The first-order chi connectivity index (χ1) is 6.77. The summed E-state index contributed by atoms with van der Waals surface area (Å²) in [5, 5.41) is 4.91. The maximum absolute atomic E-state index is 13.4. The van der Waals surface area contributed by atoms with Gasteiger partial charge < -0.3 is 0 Å². The van der Waals surface area contributed by atoms with Gasteiger partial charge in [0.15, 0.2) is 0 Å². The van der Waals surface area contributed by atoms with Crippen molar-refractivity contribution < 1.29 is 4.39 Å². The highest BCUT2D eigenvalue weighted by atomic mass is 19.1. The number of aryl methyl sites for hydroxylation is 1. The molecule has 0 N–H and O–H groups in total. The zero-order chi connectivity index (χ0) is 9.71. The lowest BCUT2D eigenvalue weighted by Gasteiger charge is -2.03. The van der Waals surface area contributed by atoms with Gasteiger partial charge in [-0.15, -0.1) is 0 Å². The first-order valence-corrected chi connectivity index (χ1v) is 4.89. The highest BCUT2D eigenvalue weighted by Gasteiger charge is 2.26. The molecular weight excluding hydrogens is 179 g/mol. The molecule has 1 saturated carbocycles. The SMILES string of the molecule is Cc1ccc(F)c2cnn(C3CC3)c12. The summed E-state index contributed by atoms with van der Waals surface area (Å²) in [4.78, 5) is 0. The number of aromatic nitrogens is 2. The molecule has 3 heteroatoms. The second kappa shape index (κ2) is 2.56. The van der Waals surface area contributed by atoms with Crippen LogP contribution in [0, 0.1) is 12.7 Å². The van der Waals surface area contributed by atoms with Crippen LogP contribution in [0.5, 0.6) is 0 Å². The minimum absolute atomic E-state index is 0.169. The summed E-state index contributed by atoms with van der Waals surface area (Å²) in [6.07, 6.45) is 3.98. The van der Waals surface area contributed by atoms with Crippen LogP contribution in [-0.4, -0.2) is 9.78 Å². The Hall–Kier alpha value is -1.38. The molecule has 0 atom stereocenters. The molecule has 1 aliphatic carbocycles. The van der Waals surface area contributed by atoms with Crippen molar-refractivity contribution in [3.63, 3.8) is 0 Å². The second-order valence-electron chi connectivity index (χ2n) is 3.95.